The van der Waals surface area contributed by atoms with Crippen molar-refractivity contribution in [1.29, 1.82) is 0 Å². The van der Waals surface area contributed by atoms with Crippen LogP contribution in [0, 0.1) is 0 Å². The highest BCUT2D eigenvalue weighted by Crippen LogP contribution is 2.61. The first-order valence-electron chi connectivity index (χ1n) is 29.5. The Balaban J connectivity index is 1.20. The van der Waals surface area contributed by atoms with Crippen LogP contribution >= 0.6 is 0 Å². The molecule has 11 aromatic carbocycles. The summed E-state index contributed by atoms with van der Waals surface area (Å²) >= 11 is 0. The van der Waals surface area contributed by atoms with Gasteiger partial charge in [-0.1, -0.05) is 256 Å². The zero-order valence-electron chi connectivity index (χ0n) is 49.7. The minimum atomic E-state index is -3.33. The lowest BCUT2D eigenvalue weighted by Crippen LogP contribution is -2.74. The smallest absolute Gasteiger partial charge is 0.179 e. The molecular weight excluding hydrogens is 883 g/mol. The van der Waals surface area contributed by atoms with E-state index in [2.05, 4.69) is 194 Å². The van der Waals surface area contributed by atoms with Crippen molar-refractivity contribution in [2.45, 2.75) is 24.7 Å². The molecule has 1 aromatic heterocycles. The van der Waals surface area contributed by atoms with Gasteiger partial charge in [-0.3, -0.25) is 0 Å². The van der Waals surface area contributed by atoms with Crippen LogP contribution in [0.2, 0.25) is 0 Å². The lowest BCUT2D eigenvalue weighted by molar-refractivity contribution is 0.556. The highest BCUT2D eigenvalue weighted by Gasteiger charge is 2.53. The molecule has 0 saturated heterocycles. The van der Waals surface area contributed by atoms with Crippen LogP contribution in [-0.4, -0.2) is 12.6 Å². The minimum Gasteiger partial charge on any atom is -0.309 e. The van der Waals surface area contributed by atoms with Crippen molar-refractivity contribution in [2.75, 3.05) is 0 Å². The van der Waals surface area contributed by atoms with Crippen LogP contribution in [0.4, 0.5) is 0 Å². The summed E-state index contributed by atoms with van der Waals surface area (Å²) in [7, 11) is -3.33. The Morgan fingerprint density at radius 2 is 0.847 bits per heavy atom. The molecule has 2 heteroatoms. The Morgan fingerprint density at radius 3 is 1.47 bits per heavy atom. The molecule has 0 fully saturated rings. The molecule has 1 nitrogen and oxygen atoms in total. The predicted octanol–water partition coefficient (Wildman–Crippen LogP) is 14.5. The van der Waals surface area contributed by atoms with Crippen molar-refractivity contribution < 1.29 is 13.7 Å². The van der Waals surface area contributed by atoms with Crippen molar-refractivity contribution in [3.8, 4) is 39.1 Å². The molecule has 0 bridgehead atoms. The summed E-state index contributed by atoms with van der Waals surface area (Å²) in [6, 6.07) is 71.2. The molecule has 0 atom stereocenters. The van der Waals surface area contributed by atoms with Gasteiger partial charge in [0.15, 0.2) is 8.07 Å². The van der Waals surface area contributed by atoms with Gasteiger partial charge in [0.2, 0.25) is 0 Å². The average molecular weight is 944 g/mol. The van der Waals surface area contributed by atoms with Crippen LogP contribution < -0.4 is 20.7 Å². The van der Waals surface area contributed by atoms with Gasteiger partial charge in [-0.25, -0.2) is 0 Å². The molecule has 2 heterocycles. The van der Waals surface area contributed by atoms with Crippen LogP contribution in [0.15, 0.2) is 273 Å². The largest absolute Gasteiger partial charge is 0.309 e. The fourth-order valence-electron chi connectivity index (χ4n) is 12.7. The Hall–Kier alpha value is -8.56. The maximum Gasteiger partial charge on any atom is 0.179 e. The number of benzene rings is 11. The maximum atomic E-state index is 9.47. The van der Waals surface area contributed by atoms with Gasteiger partial charge in [-0.2, -0.15) is 0 Å². The Bertz CT molecular complexity index is 4520. The van der Waals surface area contributed by atoms with Crippen LogP contribution in [0.5, 0.6) is 0 Å². The lowest BCUT2D eigenvalue weighted by atomic mass is 9.53. The van der Waals surface area contributed by atoms with Crippen molar-refractivity contribution in [2.24, 2.45) is 0 Å². The fourth-order valence-corrected chi connectivity index (χ4v) is 17.5. The van der Waals surface area contributed by atoms with Crippen molar-refractivity contribution >= 4 is 50.6 Å². The van der Waals surface area contributed by atoms with E-state index in [0.29, 0.717) is 21.9 Å². The molecule has 1 aliphatic carbocycles. The first-order chi connectivity index (χ1) is 39.6. The number of nitrogens with zero attached hydrogens (tertiary/aromatic N) is 1. The van der Waals surface area contributed by atoms with Gasteiger partial charge in [-0.15, -0.1) is 0 Å². The van der Waals surface area contributed by atoms with Gasteiger partial charge >= 0.3 is 0 Å². The average Bonchev–Trinajstić information content (AvgIpc) is 1.39. The monoisotopic (exact) mass is 943 g/mol. The van der Waals surface area contributed by atoms with Gasteiger partial charge in [0.1, 0.15) is 0 Å². The van der Waals surface area contributed by atoms with E-state index < -0.39 is 55.2 Å². The number of hydrogen-bond donors (Lipinski definition) is 0. The quantitative estimate of drug-likeness (QED) is 0.111. The summed E-state index contributed by atoms with van der Waals surface area (Å²) in [4.78, 5) is 0. The summed E-state index contributed by atoms with van der Waals surface area (Å²) in [5, 5.41) is 6.10. The fraction of sp³-hybridized carbons (Fsp3) is 0.0571. The molecule has 340 valence electrons. The minimum absolute atomic E-state index is 0.0556. The molecule has 1 spiro atoms. The summed E-state index contributed by atoms with van der Waals surface area (Å²) in [6.07, 6.45) is 0. The predicted molar refractivity (Wildman–Crippen MR) is 305 cm³/mol. The Kier molecular flexibility index (Phi) is 7.47. The van der Waals surface area contributed by atoms with E-state index >= 15 is 0 Å². The van der Waals surface area contributed by atoms with Crippen LogP contribution in [-0.2, 0) is 10.8 Å². The second-order valence-corrected chi connectivity index (χ2v) is 23.4. The standard InChI is InChI=1S/C70H51NSi/c1-69(2)60-35-18-20-37-62(60)70(63-38-21-19-36-61(63)69)64-41-40-57(72(54-30-14-6-15-31-54,55-32-16-7-17-33-55)56-34-22-29-51(43-56)48-23-8-3-9-24-48)47-67(64)71-66-42-39-52(49-25-10-4-11-26-49)44-58(66)59-45-53(46-65(70)68(59)71)50-27-12-5-13-28-50/h3-47H,1-2H3/i4D,5D,10D,11D,12D,13D,25D,26D,27D,28D. The maximum absolute atomic E-state index is 9.47. The molecule has 12 aromatic rings. The van der Waals surface area contributed by atoms with E-state index in [1.165, 1.54) is 15.6 Å². The van der Waals surface area contributed by atoms with Crippen LogP contribution in [0.3, 0.4) is 0 Å². The first kappa shape index (κ1) is 33.1. The highest BCUT2D eigenvalue weighted by molar-refractivity contribution is 7.20. The van der Waals surface area contributed by atoms with E-state index in [0.717, 1.165) is 66.4 Å². The van der Waals surface area contributed by atoms with Gasteiger partial charge in [-0.05, 0) is 118 Å². The lowest BCUT2D eigenvalue weighted by Gasteiger charge is -2.50. The van der Waals surface area contributed by atoms with E-state index in [9.17, 15) is 2.74 Å². The van der Waals surface area contributed by atoms with Crippen molar-refractivity contribution in [3.63, 3.8) is 0 Å². The summed E-state index contributed by atoms with van der Waals surface area (Å²) in [5.41, 5.74) is 10.3. The van der Waals surface area contributed by atoms with Gasteiger partial charge in [0.05, 0.1) is 35.8 Å². The molecule has 0 unspecified atom stereocenters. The van der Waals surface area contributed by atoms with Crippen LogP contribution in [0.1, 0.15) is 60.9 Å². The van der Waals surface area contributed by atoms with E-state index in [1.54, 1.807) is 0 Å². The third-order valence-electron chi connectivity index (χ3n) is 15.7. The summed E-state index contributed by atoms with van der Waals surface area (Å²) in [6.45, 7) is 4.54. The number of fused-ring (bicyclic) bond motifs is 11. The highest BCUT2D eigenvalue weighted by atomic mass is 28.3. The number of rotatable bonds is 7. The third kappa shape index (κ3) is 6.00. The molecule has 1 aliphatic heterocycles. The second kappa shape index (κ2) is 16.2. The first-order valence-corrected chi connectivity index (χ1v) is 26.5. The normalized spacial score (nSPS) is 15.9. The summed E-state index contributed by atoms with van der Waals surface area (Å²) < 4.78 is 92.1. The van der Waals surface area contributed by atoms with Crippen molar-refractivity contribution in [1.82, 2.24) is 4.57 Å². The second-order valence-electron chi connectivity index (χ2n) is 19.6. The zero-order chi connectivity index (χ0) is 56.7. The van der Waals surface area contributed by atoms with Gasteiger partial charge in [0.25, 0.3) is 0 Å². The van der Waals surface area contributed by atoms with Gasteiger partial charge in [0, 0.05) is 16.2 Å². The number of hydrogen-bond acceptors (Lipinski definition) is 0. The molecule has 14 rings (SSSR count). The van der Waals surface area contributed by atoms with Crippen LogP contribution in [0.25, 0.3) is 60.9 Å². The van der Waals surface area contributed by atoms with E-state index in [-0.39, 0.29) is 35.3 Å². The number of aromatic nitrogens is 1. The molecular formula is C70H51NSi. The molecule has 0 amide bonds. The molecule has 0 N–H and O–H groups in total. The van der Waals surface area contributed by atoms with E-state index in [4.69, 9.17) is 11.0 Å². The van der Waals surface area contributed by atoms with E-state index in [1.807, 2.05) is 36.4 Å². The third-order valence-corrected chi connectivity index (χ3v) is 20.5. The Labute approximate surface area is 437 Å². The topological polar surface area (TPSA) is 4.93 Å². The SMILES string of the molecule is [2H]c1c([2H])c([2H])c(-c2ccc3c(c2)c2cc(-c4c([2H])c([2H])c([2H])c([2H])c4[2H])cc4c2n3-c2cc([Si](c3ccccc3)(c3ccccc3)c3cccc(-c5ccccc5)c3)ccc2C42c3ccccc3C(C)(C)c3ccccc32)c([2H])c1[2H]. The zero-order valence-corrected chi connectivity index (χ0v) is 40.7. The Morgan fingerprint density at radius 1 is 0.347 bits per heavy atom. The molecule has 2 aliphatic rings. The molecule has 72 heavy (non-hydrogen) atoms. The van der Waals surface area contributed by atoms with Crippen molar-refractivity contribution in [3.05, 3.63) is 306 Å². The van der Waals surface area contributed by atoms with Gasteiger partial charge < -0.3 is 4.57 Å². The molecule has 0 saturated carbocycles. The molecule has 0 radical (unpaired) electrons. The summed E-state index contributed by atoms with van der Waals surface area (Å²) in [5.74, 6) is 0.